The summed E-state index contributed by atoms with van der Waals surface area (Å²) in [5.74, 6) is 1.80. The molecule has 0 saturated carbocycles. The summed E-state index contributed by atoms with van der Waals surface area (Å²) in [6.45, 7) is 2.27. The van der Waals surface area contributed by atoms with Crippen LogP contribution in [0.15, 0.2) is 46.7 Å². The normalized spacial score (nSPS) is 14.4. The van der Waals surface area contributed by atoms with Gasteiger partial charge in [-0.15, -0.1) is 16.4 Å². The van der Waals surface area contributed by atoms with Gasteiger partial charge < -0.3 is 19.5 Å². The third-order valence-corrected chi connectivity index (χ3v) is 4.74. The van der Waals surface area contributed by atoms with E-state index in [1.165, 1.54) is 17.4 Å². The van der Waals surface area contributed by atoms with Crippen molar-refractivity contribution >= 4 is 23.1 Å². The molecule has 0 aliphatic carbocycles. The van der Waals surface area contributed by atoms with E-state index in [0.29, 0.717) is 23.9 Å². The number of carbonyl (C=O) groups is 1. The minimum atomic E-state index is -0.309. The fraction of sp³-hybridized carbons (Fsp3) is 0.222. The van der Waals surface area contributed by atoms with Crippen molar-refractivity contribution in [2.75, 3.05) is 14.2 Å². The van der Waals surface area contributed by atoms with Crippen molar-refractivity contribution in [1.82, 2.24) is 10.7 Å². The van der Waals surface area contributed by atoms with Gasteiger partial charge >= 0.3 is 0 Å². The Morgan fingerprint density at radius 2 is 2.19 bits per heavy atom. The topological polar surface area (TPSA) is 81.2 Å². The van der Waals surface area contributed by atoms with Crippen molar-refractivity contribution in [3.63, 3.8) is 0 Å². The smallest absolute Gasteiger partial charge is 0.255 e. The number of ether oxygens (including phenoxy) is 3. The van der Waals surface area contributed by atoms with Crippen LogP contribution in [-0.2, 0) is 16.1 Å². The van der Waals surface area contributed by atoms with E-state index < -0.39 is 0 Å². The SMILES string of the molecule is COc1ccc(OC)c(CNC(=O)C=C2NN=C(c3sccc3C)O2)c1. The summed E-state index contributed by atoms with van der Waals surface area (Å²) in [7, 11) is 3.17. The summed E-state index contributed by atoms with van der Waals surface area (Å²) in [6.07, 6.45) is 1.33. The molecule has 1 aromatic carbocycles. The van der Waals surface area contributed by atoms with E-state index in [2.05, 4.69) is 15.8 Å². The fourth-order valence-corrected chi connectivity index (χ4v) is 3.23. The molecule has 1 aliphatic heterocycles. The number of rotatable bonds is 6. The molecule has 1 amide bonds. The molecule has 0 radical (unpaired) electrons. The maximum atomic E-state index is 12.2. The molecule has 26 heavy (non-hydrogen) atoms. The number of hydrogen-bond acceptors (Lipinski definition) is 7. The van der Waals surface area contributed by atoms with Crippen LogP contribution in [0.25, 0.3) is 0 Å². The van der Waals surface area contributed by atoms with Crippen LogP contribution in [-0.4, -0.2) is 26.0 Å². The minimum Gasteiger partial charge on any atom is -0.497 e. The van der Waals surface area contributed by atoms with E-state index in [4.69, 9.17) is 14.2 Å². The van der Waals surface area contributed by atoms with Crippen LogP contribution >= 0.6 is 11.3 Å². The van der Waals surface area contributed by atoms with Crippen LogP contribution in [0.3, 0.4) is 0 Å². The summed E-state index contributed by atoms with van der Waals surface area (Å²) in [4.78, 5) is 13.1. The van der Waals surface area contributed by atoms with Gasteiger partial charge in [0.1, 0.15) is 11.5 Å². The zero-order chi connectivity index (χ0) is 18.5. The van der Waals surface area contributed by atoms with E-state index in [1.807, 2.05) is 24.4 Å². The lowest BCUT2D eigenvalue weighted by Crippen LogP contribution is -2.22. The predicted octanol–water partition coefficient (Wildman–Crippen LogP) is 2.51. The Hall–Kier alpha value is -3.00. The molecule has 1 aliphatic rings. The van der Waals surface area contributed by atoms with Gasteiger partial charge in [0.25, 0.3) is 5.90 Å². The number of hydrogen-bond donors (Lipinski definition) is 2. The Morgan fingerprint density at radius 1 is 1.35 bits per heavy atom. The quantitative estimate of drug-likeness (QED) is 0.761. The molecule has 0 unspecified atom stereocenters. The highest BCUT2D eigenvalue weighted by molar-refractivity contribution is 7.12. The Bertz CT molecular complexity index is 873. The minimum absolute atomic E-state index is 0.280. The van der Waals surface area contributed by atoms with Crippen molar-refractivity contribution in [3.8, 4) is 11.5 Å². The van der Waals surface area contributed by atoms with Gasteiger partial charge in [0, 0.05) is 12.1 Å². The third kappa shape index (κ3) is 3.97. The van der Waals surface area contributed by atoms with Crippen LogP contribution < -0.4 is 20.2 Å². The Balaban J connectivity index is 1.60. The third-order valence-electron chi connectivity index (χ3n) is 3.73. The zero-order valence-electron chi connectivity index (χ0n) is 14.7. The van der Waals surface area contributed by atoms with Crippen LogP contribution in [0, 0.1) is 6.92 Å². The van der Waals surface area contributed by atoms with Crippen LogP contribution in [0.2, 0.25) is 0 Å². The number of aryl methyl sites for hydroxylation is 1. The number of amides is 1. The number of carbonyl (C=O) groups excluding carboxylic acids is 1. The van der Waals surface area contributed by atoms with Crippen LogP contribution in [0.1, 0.15) is 16.0 Å². The van der Waals surface area contributed by atoms with Crippen molar-refractivity contribution in [3.05, 3.63) is 57.6 Å². The standard InChI is InChI=1S/C18H19N3O4S/c1-11-6-7-26-17(11)18-21-20-16(25-18)9-15(22)19-10-12-8-13(23-2)4-5-14(12)24-3/h4-9,20H,10H2,1-3H3,(H,19,22). The monoisotopic (exact) mass is 373 g/mol. The second kappa shape index (κ2) is 7.92. The van der Waals surface area contributed by atoms with Crippen molar-refractivity contribution in [2.24, 2.45) is 5.10 Å². The average molecular weight is 373 g/mol. The first kappa shape index (κ1) is 17.8. The molecule has 0 spiro atoms. The van der Waals surface area contributed by atoms with Crippen molar-refractivity contribution in [2.45, 2.75) is 13.5 Å². The van der Waals surface area contributed by atoms with Gasteiger partial charge in [0.2, 0.25) is 11.8 Å². The van der Waals surface area contributed by atoms with Gasteiger partial charge in [-0.05, 0) is 42.1 Å². The highest BCUT2D eigenvalue weighted by Crippen LogP contribution is 2.24. The molecule has 2 heterocycles. The van der Waals surface area contributed by atoms with E-state index in [0.717, 1.165) is 16.0 Å². The summed E-state index contributed by atoms with van der Waals surface area (Å²) >= 11 is 1.53. The second-order valence-corrected chi connectivity index (χ2v) is 6.38. The molecule has 1 aromatic heterocycles. The summed E-state index contributed by atoms with van der Waals surface area (Å²) < 4.78 is 16.1. The molecule has 136 valence electrons. The first-order valence-corrected chi connectivity index (χ1v) is 8.75. The van der Waals surface area contributed by atoms with E-state index in [9.17, 15) is 4.79 Å². The molecule has 3 rings (SSSR count). The van der Waals surface area contributed by atoms with E-state index in [1.54, 1.807) is 26.4 Å². The Morgan fingerprint density at radius 3 is 2.88 bits per heavy atom. The molecule has 7 nitrogen and oxygen atoms in total. The van der Waals surface area contributed by atoms with Gasteiger partial charge in [-0.3, -0.25) is 4.79 Å². The second-order valence-electron chi connectivity index (χ2n) is 5.47. The van der Waals surface area contributed by atoms with Gasteiger partial charge in [-0.2, -0.15) is 0 Å². The van der Waals surface area contributed by atoms with Crippen LogP contribution in [0.5, 0.6) is 11.5 Å². The van der Waals surface area contributed by atoms with Gasteiger partial charge in [-0.25, -0.2) is 5.43 Å². The number of hydrazone groups is 1. The molecule has 2 N–H and O–H groups in total. The molecule has 8 heteroatoms. The lowest BCUT2D eigenvalue weighted by atomic mass is 10.2. The number of nitrogens with zero attached hydrogens (tertiary/aromatic N) is 1. The first-order chi connectivity index (χ1) is 12.6. The Kier molecular flexibility index (Phi) is 5.43. The number of benzene rings is 1. The molecule has 2 aromatic rings. The summed E-state index contributed by atoms with van der Waals surface area (Å²) in [6, 6.07) is 7.40. The lowest BCUT2D eigenvalue weighted by Gasteiger charge is -2.10. The highest BCUT2D eigenvalue weighted by atomic mass is 32.1. The number of thiophene rings is 1. The summed E-state index contributed by atoms with van der Waals surface area (Å²) in [5.41, 5.74) is 4.61. The average Bonchev–Trinajstić information content (AvgIpc) is 3.28. The van der Waals surface area contributed by atoms with Crippen molar-refractivity contribution < 1.29 is 19.0 Å². The summed E-state index contributed by atoms with van der Waals surface area (Å²) in [5, 5.41) is 8.87. The number of nitrogens with one attached hydrogen (secondary N) is 2. The molecule has 0 atom stereocenters. The predicted molar refractivity (Wildman–Crippen MR) is 99.3 cm³/mol. The van der Waals surface area contributed by atoms with Gasteiger partial charge in [0.15, 0.2) is 0 Å². The molecule has 0 saturated heterocycles. The van der Waals surface area contributed by atoms with Crippen molar-refractivity contribution in [1.29, 1.82) is 0 Å². The molecule has 0 bridgehead atoms. The highest BCUT2D eigenvalue weighted by Gasteiger charge is 2.19. The maximum absolute atomic E-state index is 12.2. The number of methoxy groups -OCH3 is 2. The lowest BCUT2D eigenvalue weighted by molar-refractivity contribution is -0.116. The molecular weight excluding hydrogens is 354 g/mol. The zero-order valence-corrected chi connectivity index (χ0v) is 15.5. The van der Waals surface area contributed by atoms with Gasteiger partial charge in [0.05, 0.1) is 25.2 Å². The molecular formula is C18H19N3O4S. The maximum Gasteiger partial charge on any atom is 0.255 e. The largest absolute Gasteiger partial charge is 0.497 e. The fourth-order valence-electron chi connectivity index (χ4n) is 2.38. The Labute approximate surface area is 155 Å². The van der Waals surface area contributed by atoms with Crippen LogP contribution in [0.4, 0.5) is 0 Å². The first-order valence-electron chi connectivity index (χ1n) is 7.87. The van der Waals surface area contributed by atoms with Gasteiger partial charge in [-0.1, -0.05) is 0 Å². The van der Waals surface area contributed by atoms with E-state index in [-0.39, 0.29) is 11.8 Å². The van der Waals surface area contributed by atoms with E-state index >= 15 is 0 Å². The molecule has 0 fully saturated rings.